The van der Waals surface area contributed by atoms with E-state index in [0.29, 0.717) is 0 Å². The van der Waals surface area contributed by atoms with Gasteiger partial charge in [-0.25, -0.2) is 9.97 Å². The summed E-state index contributed by atoms with van der Waals surface area (Å²) < 4.78 is 0. The second-order valence-corrected chi connectivity index (χ2v) is 5.21. The summed E-state index contributed by atoms with van der Waals surface area (Å²) in [6, 6.07) is 2.05. The molecule has 0 saturated carbocycles. The van der Waals surface area contributed by atoms with Crippen LogP contribution in [0.15, 0.2) is 16.8 Å². The Balaban J connectivity index is 2.24. The summed E-state index contributed by atoms with van der Waals surface area (Å²) in [7, 11) is 0. The predicted octanol–water partition coefficient (Wildman–Crippen LogP) is 3.32. The standard InChI is InChI=1S/C14H19N3S/c1-4-5-15-7-12-6-11(3)16-14(17-12)13-9-18-8-10(13)2/h6,8-9,15H,4-5,7H2,1-3H3. The zero-order chi connectivity index (χ0) is 13.0. The molecule has 1 N–H and O–H groups in total. The number of nitrogens with zero attached hydrogens (tertiary/aromatic N) is 2. The van der Waals surface area contributed by atoms with Gasteiger partial charge in [0.05, 0.1) is 5.69 Å². The molecular weight excluding hydrogens is 242 g/mol. The lowest BCUT2D eigenvalue weighted by Crippen LogP contribution is -2.15. The van der Waals surface area contributed by atoms with E-state index >= 15 is 0 Å². The van der Waals surface area contributed by atoms with Crippen molar-refractivity contribution in [1.82, 2.24) is 15.3 Å². The molecule has 0 unspecified atom stereocenters. The van der Waals surface area contributed by atoms with E-state index in [-0.39, 0.29) is 0 Å². The maximum absolute atomic E-state index is 4.64. The minimum absolute atomic E-state index is 0.813. The lowest BCUT2D eigenvalue weighted by Gasteiger charge is -2.06. The van der Waals surface area contributed by atoms with E-state index in [1.54, 1.807) is 11.3 Å². The zero-order valence-corrected chi connectivity index (χ0v) is 12.0. The van der Waals surface area contributed by atoms with Gasteiger partial charge in [0.25, 0.3) is 0 Å². The predicted molar refractivity (Wildman–Crippen MR) is 76.8 cm³/mol. The molecule has 18 heavy (non-hydrogen) atoms. The Morgan fingerprint density at radius 3 is 2.72 bits per heavy atom. The van der Waals surface area contributed by atoms with E-state index < -0.39 is 0 Å². The molecule has 0 amide bonds. The summed E-state index contributed by atoms with van der Waals surface area (Å²) in [5, 5.41) is 7.63. The second-order valence-electron chi connectivity index (χ2n) is 4.47. The Hall–Kier alpha value is -1.26. The number of rotatable bonds is 5. The molecule has 2 rings (SSSR count). The van der Waals surface area contributed by atoms with Crippen molar-refractivity contribution in [2.24, 2.45) is 0 Å². The summed E-state index contributed by atoms with van der Waals surface area (Å²) in [6.07, 6.45) is 1.14. The average molecular weight is 261 g/mol. The van der Waals surface area contributed by atoms with Crippen molar-refractivity contribution in [2.45, 2.75) is 33.7 Å². The van der Waals surface area contributed by atoms with Crippen LogP contribution in [-0.4, -0.2) is 16.5 Å². The summed E-state index contributed by atoms with van der Waals surface area (Å²) in [4.78, 5) is 9.17. The van der Waals surface area contributed by atoms with E-state index in [2.05, 4.69) is 39.9 Å². The van der Waals surface area contributed by atoms with Crippen LogP contribution in [0.2, 0.25) is 0 Å². The first kappa shape index (κ1) is 13.2. The smallest absolute Gasteiger partial charge is 0.160 e. The van der Waals surface area contributed by atoms with Gasteiger partial charge in [-0.1, -0.05) is 6.92 Å². The van der Waals surface area contributed by atoms with Crippen LogP contribution in [0.1, 0.15) is 30.3 Å². The lowest BCUT2D eigenvalue weighted by molar-refractivity contribution is 0.662. The third-order valence-electron chi connectivity index (χ3n) is 2.74. The van der Waals surface area contributed by atoms with Crippen molar-refractivity contribution in [3.8, 4) is 11.4 Å². The van der Waals surface area contributed by atoms with Crippen LogP contribution in [0.4, 0.5) is 0 Å². The van der Waals surface area contributed by atoms with Gasteiger partial charge in [-0.2, -0.15) is 11.3 Å². The third-order valence-corrected chi connectivity index (χ3v) is 3.60. The average Bonchev–Trinajstić information content (AvgIpc) is 2.75. The number of nitrogens with one attached hydrogen (secondary N) is 1. The molecule has 2 heterocycles. The van der Waals surface area contributed by atoms with Crippen LogP contribution < -0.4 is 5.32 Å². The monoisotopic (exact) mass is 261 g/mol. The molecule has 96 valence electrons. The topological polar surface area (TPSA) is 37.8 Å². The molecule has 0 aliphatic rings. The Bertz CT molecular complexity index is 520. The number of aromatic nitrogens is 2. The Morgan fingerprint density at radius 2 is 2.06 bits per heavy atom. The fraction of sp³-hybridized carbons (Fsp3) is 0.429. The normalized spacial score (nSPS) is 10.8. The van der Waals surface area contributed by atoms with Crippen LogP contribution >= 0.6 is 11.3 Å². The van der Waals surface area contributed by atoms with Gasteiger partial charge in [0.1, 0.15) is 0 Å². The highest BCUT2D eigenvalue weighted by Gasteiger charge is 2.08. The quantitative estimate of drug-likeness (QED) is 0.839. The van der Waals surface area contributed by atoms with E-state index in [1.165, 1.54) is 5.56 Å². The summed E-state index contributed by atoms with van der Waals surface area (Å²) >= 11 is 1.70. The van der Waals surface area contributed by atoms with E-state index in [1.807, 2.05) is 13.0 Å². The molecule has 0 atom stereocenters. The van der Waals surface area contributed by atoms with Gasteiger partial charge >= 0.3 is 0 Å². The molecule has 0 radical (unpaired) electrons. The molecular formula is C14H19N3S. The molecule has 0 aromatic carbocycles. The maximum atomic E-state index is 4.64. The van der Waals surface area contributed by atoms with Crippen LogP contribution in [0.25, 0.3) is 11.4 Å². The fourth-order valence-corrected chi connectivity index (χ4v) is 2.65. The van der Waals surface area contributed by atoms with Crippen molar-refractivity contribution in [3.05, 3.63) is 33.8 Å². The first-order chi connectivity index (χ1) is 8.70. The van der Waals surface area contributed by atoms with Crippen molar-refractivity contribution < 1.29 is 0 Å². The van der Waals surface area contributed by atoms with E-state index in [4.69, 9.17) is 0 Å². The molecule has 0 saturated heterocycles. The number of thiophene rings is 1. The van der Waals surface area contributed by atoms with Crippen molar-refractivity contribution in [2.75, 3.05) is 6.54 Å². The molecule has 4 heteroatoms. The van der Waals surface area contributed by atoms with Crippen LogP contribution in [0.5, 0.6) is 0 Å². The first-order valence-electron chi connectivity index (χ1n) is 6.29. The molecule has 0 fully saturated rings. The molecule has 0 spiro atoms. The molecule has 2 aromatic rings. The molecule has 0 aliphatic heterocycles. The maximum Gasteiger partial charge on any atom is 0.160 e. The molecule has 2 aromatic heterocycles. The second kappa shape index (κ2) is 6.07. The van der Waals surface area contributed by atoms with Gasteiger partial charge in [0.15, 0.2) is 5.82 Å². The largest absolute Gasteiger partial charge is 0.311 e. The highest BCUT2D eigenvalue weighted by Crippen LogP contribution is 2.24. The van der Waals surface area contributed by atoms with Gasteiger partial charge in [0, 0.05) is 23.2 Å². The van der Waals surface area contributed by atoms with Gasteiger partial charge in [-0.05, 0) is 43.8 Å². The van der Waals surface area contributed by atoms with Crippen molar-refractivity contribution in [1.29, 1.82) is 0 Å². The molecule has 0 bridgehead atoms. The number of hydrogen-bond donors (Lipinski definition) is 1. The molecule has 3 nitrogen and oxygen atoms in total. The zero-order valence-electron chi connectivity index (χ0n) is 11.2. The highest BCUT2D eigenvalue weighted by atomic mass is 32.1. The summed E-state index contributed by atoms with van der Waals surface area (Å²) in [6.45, 7) is 8.13. The van der Waals surface area contributed by atoms with Gasteiger partial charge in [-0.15, -0.1) is 0 Å². The summed E-state index contributed by atoms with van der Waals surface area (Å²) in [5.74, 6) is 0.849. The minimum Gasteiger partial charge on any atom is -0.311 e. The Morgan fingerprint density at radius 1 is 1.22 bits per heavy atom. The summed E-state index contributed by atoms with van der Waals surface area (Å²) in [5.41, 5.74) is 4.49. The Kier molecular flexibility index (Phi) is 4.44. The fourth-order valence-electron chi connectivity index (χ4n) is 1.83. The van der Waals surface area contributed by atoms with Crippen molar-refractivity contribution >= 4 is 11.3 Å². The van der Waals surface area contributed by atoms with Gasteiger partial charge < -0.3 is 5.32 Å². The van der Waals surface area contributed by atoms with E-state index in [0.717, 1.165) is 42.3 Å². The van der Waals surface area contributed by atoms with Crippen LogP contribution in [-0.2, 0) is 6.54 Å². The van der Waals surface area contributed by atoms with Gasteiger partial charge in [-0.3, -0.25) is 0 Å². The van der Waals surface area contributed by atoms with Crippen LogP contribution in [0, 0.1) is 13.8 Å². The first-order valence-corrected chi connectivity index (χ1v) is 7.23. The third kappa shape index (κ3) is 3.15. The number of aryl methyl sites for hydroxylation is 2. The highest BCUT2D eigenvalue weighted by molar-refractivity contribution is 7.08. The number of hydrogen-bond acceptors (Lipinski definition) is 4. The van der Waals surface area contributed by atoms with Crippen molar-refractivity contribution in [3.63, 3.8) is 0 Å². The SMILES string of the molecule is CCCNCc1cc(C)nc(-c2cscc2C)n1. The van der Waals surface area contributed by atoms with Gasteiger partial charge in [0.2, 0.25) is 0 Å². The minimum atomic E-state index is 0.813. The van der Waals surface area contributed by atoms with Crippen LogP contribution in [0.3, 0.4) is 0 Å². The Labute approximate surface area is 112 Å². The molecule has 0 aliphatic carbocycles. The van der Waals surface area contributed by atoms with E-state index in [9.17, 15) is 0 Å². The lowest BCUT2D eigenvalue weighted by atomic mass is 10.2.